The topological polar surface area (TPSA) is 90.3 Å². The first kappa shape index (κ1) is 15.8. The number of aromatic nitrogens is 2. The Labute approximate surface area is 124 Å². The SMILES string of the molecule is CCc1nn(C)cc1NS(=O)(=O)C1CCCC1C(=O)OC. The smallest absolute Gasteiger partial charge is 0.310 e. The predicted octanol–water partition coefficient (Wildman–Crippen LogP) is 1.07. The van der Waals surface area contributed by atoms with Gasteiger partial charge in [0.1, 0.15) is 0 Å². The van der Waals surface area contributed by atoms with Gasteiger partial charge < -0.3 is 4.74 Å². The third-order valence-corrected chi connectivity index (χ3v) is 5.71. The van der Waals surface area contributed by atoms with Crippen LogP contribution in [0.25, 0.3) is 0 Å². The van der Waals surface area contributed by atoms with Crippen molar-refractivity contribution in [1.82, 2.24) is 9.78 Å². The lowest BCUT2D eigenvalue weighted by Crippen LogP contribution is -2.35. The molecule has 1 N–H and O–H groups in total. The molecule has 1 saturated carbocycles. The molecule has 1 heterocycles. The first-order chi connectivity index (χ1) is 9.89. The molecular weight excluding hydrogens is 294 g/mol. The number of hydrogen-bond donors (Lipinski definition) is 1. The number of nitrogens with one attached hydrogen (secondary N) is 1. The van der Waals surface area contributed by atoms with Gasteiger partial charge in [-0.3, -0.25) is 14.2 Å². The average Bonchev–Trinajstić information content (AvgIpc) is 3.04. The Morgan fingerprint density at radius 2 is 2.24 bits per heavy atom. The molecule has 0 aromatic carbocycles. The highest BCUT2D eigenvalue weighted by Gasteiger charge is 2.42. The monoisotopic (exact) mass is 315 g/mol. The molecule has 0 saturated heterocycles. The summed E-state index contributed by atoms with van der Waals surface area (Å²) in [6.07, 6.45) is 3.99. The quantitative estimate of drug-likeness (QED) is 0.821. The molecule has 0 radical (unpaired) electrons. The summed E-state index contributed by atoms with van der Waals surface area (Å²) in [7, 11) is -0.615. The molecule has 0 amide bonds. The molecule has 2 atom stereocenters. The van der Waals surface area contributed by atoms with Crippen molar-refractivity contribution >= 4 is 21.7 Å². The number of sulfonamides is 1. The Morgan fingerprint density at radius 1 is 1.52 bits per heavy atom. The van der Waals surface area contributed by atoms with Crippen molar-refractivity contribution in [3.63, 3.8) is 0 Å². The highest BCUT2D eigenvalue weighted by molar-refractivity contribution is 7.93. The number of carbonyl (C=O) groups is 1. The van der Waals surface area contributed by atoms with E-state index < -0.39 is 27.2 Å². The number of ether oxygens (including phenoxy) is 1. The lowest BCUT2D eigenvalue weighted by Gasteiger charge is -2.18. The molecule has 0 aliphatic heterocycles. The van der Waals surface area contributed by atoms with Crippen LogP contribution in [0.4, 0.5) is 5.69 Å². The summed E-state index contributed by atoms with van der Waals surface area (Å²) >= 11 is 0. The van der Waals surface area contributed by atoms with E-state index in [4.69, 9.17) is 4.74 Å². The molecule has 8 heteroatoms. The van der Waals surface area contributed by atoms with E-state index in [1.165, 1.54) is 7.11 Å². The van der Waals surface area contributed by atoms with Crippen LogP contribution in [0.2, 0.25) is 0 Å². The highest BCUT2D eigenvalue weighted by atomic mass is 32.2. The van der Waals surface area contributed by atoms with Crippen molar-refractivity contribution in [1.29, 1.82) is 0 Å². The van der Waals surface area contributed by atoms with Crippen molar-refractivity contribution in [3.8, 4) is 0 Å². The minimum absolute atomic E-state index is 0.454. The maximum Gasteiger partial charge on any atom is 0.310 e. The second-order valence-corrected chi connectivity index (χ2v) is 7.16. The maximum atomic E-state index is 12.6. The van der Waals surface area contributed by atoms with Gasteiger partial charge in [0.25, 0.3) is 0 Å². The van der Waals surface area contributed by atoms with Gasteiger partial charge in [-0.25, -0.2) is 8.42 Å². The number of anilines is 1. The molecule has 1 aliphatic carbocycles. The van der Waals surface area contributed by atoms with E-state index in [1.54, 1.807) is 17.9 Å². The number of nitrogens with zero attached hydrogens (tertiary/aromatic N) is 2. The van der Waals surface area contributed by atoms with Crippen LogP contribution in [0.3, 0.4) is 0 Å². The number of hydrogen-bond acceptors (Lipinski definition) is 5. The van der Waals surface area contributed by atoms with Gasteiger partial charge in [0.15, 0.2) is 0 Å². The van der Waals surface area contributed by atoms with Gasteiger partial charge in [0, 0.05) is 13.2 Å². The molecule has 7 nitrogen and oxygen atoms in total. The number of rotatable bonds is 5. The van der Waals surface area contributed by atoms with Gasteiger partial charge in [-0.15, -0.1) is 0 Å². The fourth-order valence-corrected chi connectivity index (χ4v) is 4.61. The van der Waals surface area contributed by atoms with Crippen molar-refractivity contribution < 1.29 is 17.9 Å². The van der Waals surface area contributed by atoms with E-state index in [9.17, 15) is 13.2 Å². The van der Waals surface area contributed by atoms with Gasteiger partial charge in [0.05, 0.1) is 29.7 Å². The normalized spacial score (nSPS) is 22.2. The van der Waals surface area contributed by atoms with Gasteiger partial charge in [0.2, 0.25) is 10.0 Å². The molecular formula is C13H21N3O4S. The molecule has 2 rings (SSSR count). The Morgan fingerprint density at radius 3 is 2.86 bits per heavy atom. The summed E-state index contributed by atoms with van der Waals surface area (Å²) in [5, 5.41) is 3.47. The molecule has 2 unspecified atom stereocenters. The van der Waals surface area contributed by atoms with E-state index in [0.717, 1.165) is 0 Å². The summed E-state index contributed by atoms with van der Waals surface area (Å²) in [4.78, 5) is 11.7. The van der Waals surface area contributed by atoms with Gasteiger partial charge in [-0.2, -0.15) is 5.10 Å². The zero-order valence-corrected chi connectivity index (χ0v) is 13.3. The predicted molar refractivity (Wildman–Crippen MR) is 78.3 cm³/mol. The first-order valence-electron chi connectivity index (χ1n) is 7.01. The Balaban J connectivity index is 2.23. The lowest BCUT2D eigenvalue weighted by atomic mass is 10.1. The summed E-state index contributed by atoms with van der Waals surface area (Å²) in [6, 6.07) is 0. The number of carbonyl (C=O) groups excluding carboxylic acids is 1. The molecule has 21 heavy (non-hydrogen) atoms. The summed E-state index contributed by atoms with van der Waals surface area (Å²) < 4.78 is 34.0. The van der Waals surface area contributed by atoms with Crippen LogP contribution in [-0.4, -0.2) is 36.5 Å². The Kier molecular flexibility index (Phi) is 4.55. The lowest BCUT2D eigenvalue weighted by molar-refractivity contribution is -0.145. The van der Waals surface area contributed by atoms with Crippen molar-refractivity contribution in [2.75, 3.05) is 11.8 Å². The minimum atomic E-state index is -3.64. The van der Waals surface area contributed by atoms with Crippen LogP contribution in [0.15, 0.2) is 6.20 Å². The molecule has 1 aliphatic rings. The Hall–Kier alpha value is -1.57. The third-order valence-electron chi connectivity index (χ3n) is 3.85. The van der Waals surface area contributed by atoms with E-state index in [-0.39, 0.29) is 0 Å². The standard InChI is InChI=1S/C13H21N3O4S/c1-4-10-11(8-16(2)14-10)15-21(18,19)12-7-5-6-9(12)13(17)20-3/h8-9,12,15H,4-7H2,1-3H3. The fourth-order valence-electron chi connectivity index (χ4n) is 2.83. The van der Waals surface area contributed by atoms with Crippen LogP contribution in [0.5, 0.6) is 0 Å². The van der Waals surface area contributed by atoms with Crippen LogP contribution in [0, 0.1) is 5.92 Å². The van der Waals surface area contributed by atoms with E-state index in [2.05, 4.69) is 9.82 Å². The van der Waals surface area contributed by atoms with Crippen molar-refractivity contribution in [2.45, 2.75) is 37.9 Å². The zero-order valence-electron chi connectivity index (χ0n) is 12.5. The summed E-state index contributed by atoms with van der Waals surface area (Å²) in [5.74, 6) is -1.04. The average molecular weight is 315 g/mol. The molecule has 0 spiro atoms. The zero-order chi connectivity index (χ0) is 15.6. The highest BCUT2D eigenvalue weighted by Crippen LogP contribution is 2.33. The van der Waals surface area contributed by atoms with E-state index in [1.807, 2.05) is 6.92 Å². The second-order valence-electron chi connectivity index (χ2n) is 5.26. The van der Waals surface area contributed by atoms with Crippen molar-refractivity contribution in [2.24, 2.45) is 13.0 Å². The van der Waals surface area contributed by atoms with Gasteiger partial charge >= 0.3 is 5.97 Å². The number of methoxy groups -OCH3 is 1. The van der Waals surface area contributed by atoms with E-state index >= 15 is 0 Å². The summed E-state index contributed by atoms with van der Waals surface area (Å²) in [5.41, 5.74) is 1.17. The van der Waals surface area contributed by atoms with E-state index in [0.29, 0.717) is 37.1 Å². The largest absolute Gasteiger partial charge is 0.469 e. The summed E-state index contributed by atoms with van der Waals surface area (Å²) in [6.45, 7) is 1.91. The molecule has 0 bridgehead atoms. The van der Waals surface area contributed by atoms with Crippen LogP contribution < -0.4 is 4.72 Å². The second kappa shape index (κ2) is 6.05. The maximum absolute atomic E-state index is 12.6. The molecule has 1 aromatic rings. The third kappa shape index (κ3) is 3.20. The Bertz CT molecular complexity index is 623. The molecule has 1 fully saturated rings. The fraction of sp³-hybridized carbons (Fsp3) is 0.692. The first-order valence-corrected chi connectivity index (χ1v) is 8.55. The van der Waals surface area contributed by atoms with Crippen LogP contribution >= 0.6 is 0 Å². The number of esters is 1. The molecule has 1 aromatic heterocycles. The minimum Gasteiger partial charge on any atom is -0.469 e. The van der Waals surface area contributed by atoms with Gasteiger partial charge in [-0.1, -0.05) is 13.3 Å². The van der Waals surface area contributed by atoms with Crippen molar-refractivity contribution in [3.05, 3.63) is 11.9 Å². The van der Waals surface area contributed by atoms with Gasteiger partial charge in [-0.05, 0) is 19.3 Å². The van der Waals surface area contributed by atoms with Crippen LogP contribution in [0.1, 0.15) is 31.9 Å². The molecule has 118 valence electrons. The van der Waals surface area contributed by atoms with Crippen LogP contribution in [-0.2, 0) is 33.0 Å². The number of aryl methyl sites for hydroxylation is 2.